The Balaban J connectivity index is 1.89. The molecule has 0 aromatic carbocycles. The molecule has 0 aliphatic carbocycles. The number of aryl methyl sites for hydroxylation is 2. The fraction of sp³-hybridized carbons (Fsp3) is 0.500. The molecule has 7 heteroatoms. The second-order valence-electron chi connectivity index (χ2n) is 4.69. The third-order valence-corrected chi connectivity index (χ3v) is 4.99. The number of hydrogen-bond donors (Lipinski definition) is 1. The molecule has 5 nitrogen and oxygen atoms in total. The van der Waals surface area contributed by atoms with Gasteiger partial charge in [0, 0.05) is 18.0 Å². The van der Waals surface area contributed by atoms with Crippen LogP contribution in [0.25, 0.3) is 0 Å². The number of thioether (sulfide) groups is 1. The maximum atomic E-state index is 11.9. The molecule has 0 aliphatic heterocycles. The largest absolute Gasteiger partial charge is 0.355 e. The van der Waals surface area contributed by atoms with Crippen LogP contribution < -0.4 is 5.32 Å². The minimum absolute atomic E-state index is 0.0506. The summed E-state index contributed by atoms with van der Waals surface area (Å²) in [5, 5.41) is 13.7. The second-order valence-corrected chi connectivity index (χ2v) is 7.03. The van der Waals surface area contributed by atoms with E-state index >= 15 is 0 Å². The van der Waals surface area contributed by atoms with Crippen molar-refractivity contribution < 1.29 is 4.79 Å². The Morgan fingerprint density at radius 1 is 1.57 bits per heavy atom. The lowest BCUT2D eigenvalue weighted by Gasteiger charge is -2.11. The van der Waals surface area contributed by atoms with Gasteiger partial charge in [0.2, 0.25) is 5.91 Å². The van der Waals surface area contributed by atoms with Crippen molar-refractivity contribution in [3.8, 4) is 0 Å². The molecule has 1 unspecified atom stereocenters. The van der Waals surface area contributed by atoms with Crippen LogP contribution in [0.15, 0.2) is 29.0 Å². The highest BCUT2D eigenvalue weighted by Crippen LogP contribution is 2.21. The van der Waals surface area contributed by atoms with Crippen LogP contribution in [0.3, 0.4) is 0 Å². The number of rotatable bonds is 8. The first kappa shape index (κ1) is 16.0. The minimum Gasteiger partial charge on any atom is -0.355 e. The zero-order valence-corrected chi connectivity index (χ0v) is 13.9. The van der Waals surface area contributed by atoms with Crippen molar-refractivity contribution in [2.75, 3.05) is 6.54 Å². The summed E-state index contributed by atoms with van der Waals surface area (Å²) in [4.78, 5) is 13.2. The summed E-state index contributed by atoms with van der Waals surface area (Å²) in [5.74, 6) is 0.0506. The van der Waals surface area contributed by atoms with E-state index in [1.807, 2.05) is 18.4 Å². The van der Waals surface area contributed by atoms with E-state index in [0.29, 0.717) is 0 Å². The molecule has 2 aromatic rings. The second kappa shape index (κ2) is 8.19. The Kier molecular flexibility index (Phi) is 6.25. The Labute approximate surface area is 133 Å². The van der Waals surface area contributed by atoms with E-state index in [1.54, 1.807) is 17.7 Å². The molecule has 2 heterocycles. The Morgan fingerprint density at radius 2 is 2.43 bits per heavy atom. The van der Waals surface area contributed by atoms with Gasteiger partial charge in [-0.1, -0.05) is 24.8 Å². The van der Waals surface area contributed by atoms with Crippen LogP contribution in [0.4, 0.5) is 0 Å². The third kappa shape index (κ3) is 4.86. The fourth-order valence-corrected chi connectivity index (χ4v) is 3.35. The highest BCUT2D eigenvalue weighted by atomic mass is 32.2. The first-order valence-electron chi connectivity index (χ1n) is 7.05. The molecule has 0 bridgehead atoms. The van der Waals surface area contributed by atoms with Crippen LogP contribution in [0.2, 0.25) is 0 Å². The van der Waals surface area contributed by atoms with E-state index in [9.17, 15) is 4.79 Å². The molecular formula is C14H20N4OS2. The van der Waals surface area contributed by atoms with Crippen molar-refractivity contribution in [2.24, 2.45) is 0 Å². The minimum atomic E-state index is -0.166. The number of nitrogens with zero attached hydrogens (tertiary/aromatic N) is 3. The van der Waals surface area contributed by atoms with Crippen molar-refractivity contribution in [1.82, 2.24) is 20.1 Å². The van der Waals surface area contributed by atoms with Gasteiger partial charge >= 0.3 is 0 Å². The van der Waals surface area contributed by atoms with Crippen molar-refractivity contribution in [1.29, 1.82) is 0 Å². The number of hydrogen-bond acceptors (Lipinski definition) is 5. The lowest BCUT2D eigenvalue weighted by molar-refractivity contribution is -0.120. The molecule has 0 saturated carbocycles. The van der Waals surface area contributed by atoms with Gasteiger partial charge in [-0.25, -0.2) is 0 Å². The fourth-order valence-electron chi connectivity index (χ4n) is 1.78. The molecule has 0 saturated heterocycles. The average Bonchev–Trinajstić information content (AvgIpc) is 3.13. The number of carbonyl (C=O) groups excluding carboxylic acids is 1. The Bertz CT molecular complexity index is 553. The molecule has 114 valence electrons. The van der Waals surface area contributed by atoms with E-state index in [2.05, 4.69) is 33.0 Å². The number of nitrogens with one attached hydrogen (secondary N) is 1. The van der Waals surface area contributed by atoms with Crippen molar-refractivity contribution in [3.63, 3.8) is 0 Å². The van der Waals surface area contributed by atoms with Crippen LogP contribution in [-0.2, 0) is 17.8 Å². The van der Waals surface area contributed by atoms with Gasteiger partial charge in [0.05, 0.1) is 5.25 Å². The zero-order chi connectivity index (χ0) is 15.1. The smallest absolute Gasteiger partial charge is 0.233 e. The molecular weight excluding hydrogens is 304 g/mol. The van der Waals surface area contributed by atoms with Gasteiger partial charge in [0.1, 0.15) is 6.33 Å². The summed E-state index contributed by atoms with van der Waals surface area (Å²) in [7, 11) is 0. The number of aromatic nitrogens is 3. The SMILES string of the molecule is CCCNC(=O)C(C)Sc1nncn1CCc1cccs1. The molecule has 1 atom stereocenters. The van der Waals surface area contributed by atoms with Gasteiger partial charge < -0.3 is 9.88 Å². The number of amides is 1. The number of thiophene rings is 1. The van der Waals surface area contributed by atoms with Gasteiger partial charge in [-0.05, 0) is 31.2 Å². The van der Waals surface area contributed by atoms with E-state index in [0.717, 1.165) is 31.1 Å². The van der Waals surface area contributed by atoms with Gasteiger partial charge in [-0.2, -0.15) is 0 Å². The standard InChI is InChI=1S/C14H20N4OS2/c1-3-7-15-13(19)11(2)21-14-17-16-10-18(14)8-6-12-5-4-9-20-12/h4-5,9-11H,3,6-8H2,1-2H3,(H,15,19). The number of carbonyl (C=O) groups is 1. The predicted molar refractivity (Wildman–Crippen MR) is 86.7 cm³/mol. The van der Waals surface area contributed by atoms with E-state index < -0.39 is 0 Å². The molecule has 21 heavy (non-hydrogen) atoms. The van der Waals surface area contributed by atoms with Gasteiger partial charge in [0.25, 0.3) is 0 Å². The lowest BCUT2D eigenvalue weighted by Crippen LogP contribution is -2.31. The van der Waals surface area contributed by atoms with E-state index in [4.69, 9.17) is 0 Å². The lowest BCUT2D eigenvalue weighted by atomic mass is 10.3. The highest BCUT2D eigenvalue weighted by Gasteiger charge is 2.17. The molecule has 1 N–H and O–H groups in total. The monoisotopic (exact) mass is 324 g/mol. The maximum absolute atomic E-state index is 11.9. The first-order chi connectivity index (χ1) is 10.2. The molecule has 0 spiro atoms. The van der Waals surface area contributed by atoms with E-state index in [1.165, 1.54) is 16.6 Å². The molecule has 0 aliphatic rings. The Hall–Kier alpha value is -1.34. The zero-order valence-electron chi connectivity index (χ0n) is 12.3. The summed E-state index contributed by atoms with van der Waals surface area (Å²) < 4.78 is 2.01. The summed E-state index contributed by atoms with van der Waals surface area (Å²) in [5.41, 5.74) is 0. The van der Waals surface area contributed by atoms with E-state index in [-0.39, 0.29) is 11.2 Å². The molecule has 0 fully saturated rings. The topological polar surface area (TPSA) is 59.8 Å². The Morgan fingerprint density at radius 3 is 3.14 bits per heavy atom. The summed E-state index contributed by atoms with van der Waals surface area (Å²) in [6.07, 6.45) is 3.63. The first-order valence-corrected chi connectivity index (χ1v) is 8.81. The van der Waals surface area contributed by atoms with Gasteiger partial charge in [-0.15, -0.1) is 21.5 Å². The normalized spacial score (nSPS) is 12.3. The summed E-state index contributed by atoms with van der Waals surface area (Å²) in [6.45, 7) is 5.49. The maximum Gasteiger partial charge on any atom is 0.233 e. The van der Waals surface area contributed by atoms with Gasteiger partial charge in [0.15, 0.2) is 5.16 Å². The van der Waals surface area contributed by atoms with Crippen LogP contribution in [0.1, 0.15) is 25.1 Å². The van der Waals surface area contributed by atoms with Crippen LogP contribution in [0, 0.1) is 0 Å². The van der Waals surface area contributed by atoms with Crippen molar-refractivity contribution >= 4 is 29.0 Å². The highest BCUT2D eigenvalue weighted by molar-refractivity contribution is 8.00. The molecule has 2 rings (SSSR count). The van der Waals surface area contributed by atoms with Crippen LogP contribution in [0.5, 0.6) is 0 Å². The molecule has 1 amide bonds. The quantitative estimate of drug-likeness (QED) is 0.758. The average molecular weight is 324 g/mol. The van der Waals surface area contributed by atoms with Crippen molar-refractivity contribution in [2.45, 2.75) is 43.6 Å². The predicted octanol–water partition coefficient (Wildman–Crippen LogP) is 2.59. The molecule has 0 radical (unpaired) electrons. The van der Waals surface area contributed by atoms with Crippen LogP contribution in [-0.4, -0.2) is 32.5 Å². The third-order valence-electron chi connectivity index (χ3n) is 2.96. The molecule has 2 aromatic heterocycles. The van der Waals surface area contributed by atoms with Crippen LogP contribution >= 0.6 is 23.1 Å². The summed E-state index contributed by atoms with van der Waals surface area (Å²) in [6, 6.07) is 4.19. The van der Waals surface area contributed by atoms with Gasteiger partial charge in [-0.3, -0.25) is 4.79 Å². The van der Waals surface area contributed by atoms with Crippen molar-refractivity contribution in [3.05, 3.63) is 28.7 Å². The summed E-state index contributed by atoms with van der Waals surface area (Å²) >= 11 is 3.21.